The lowest BCUT2D eigenvalue weighted by Crippen LogP contribution is -2.34. The second kappa shape index (κ2) is 1.96. The van der Waals surface area contributed by atoms with Gasteiger partial charge in [0.05, 0.1) is 6.07 Å². The lowest BCUT2D eigenvalue weighted by Gasteiger charge is -2.26. The zero-order valence-corrected chi connectivity index (χ0v) is 6.77. The van der Waals surface area contributed by atoms with Crippen LogP contribution in [0, 0.1) is 16.7 Å². The highest BCUT2D eigenvalue weighted by molar-refractivity contribution is 5.15. The third kappa shape index (κ3) is 0.819. The Morgan fingerprint density at radius 2 is 2.10 bits per heavy atom. The van der Waals surface area contributed by atoms with Gasteiger partial charge in [-0.3, -0.25) is 0 Å². The molecule has 1 aliphatic carbocycles. The van der Waals surface area contributed by atoms with Crippen molar-refractivity contribution in [3.63, 3.8) is 0 Å². The molecule has 1 saturated carbocycles. The molecule has 0 saturated heterocycles. The van der Waals surface area contributed by atoms with E-state index >= 15 is 0 Å². The molecule has 0 spiro atoms. The van der Waals surface area contributed by atoms with Gasteiger partial charge in [-0.1, -0.05) is 6.92 Å². The van der Waals surface area contributed by atoms with Crippen molar-refractivity contribution < 1.29 is 4.74 Å². The van der Waals surface area contributed by atoms with Crippen molar-refractivity contribution in [2.45, 2.75) is 32.3 Å². The molecule has 2 heteroatoms. The first-order valence-electron chi connectivity index (χ1n) is 3.54. The van der Waals surface area contributed by atoms with Crippen molar-refractivity contribution >= 4 is 0 Å². The van der Waals surface area contributed by atoms with Crippen LogP contribution < -0.4 is 0 Å². The molecular weight excluding hydrogens is 126 g/mol. The van der Waals surface area contributed by atoms with Gasteiger partial charge in [0.2, 0.25) is 0 Å². The fourth-order valence-electron chi connectivity index (χ4n) is 1.09. The summed E-state index contributed by atoms with van der Waals surface area (Å²) in [6.45, 7) is 3.96. The zero-order valence-electron chi connectivity index (χ0n) is 6.77. The summed E-state index contributed by atoms with van der Waals surface area (Å²) in [5, 5.41) is 8.79. The fraction of sp³-hybridized carbons (Fsp3) is 0.875. The molecular formula is C8H13NO. The number of rotatable bonds is 2. The molecule has 1 rings (SSSR count). The van der Waals surface area contributed by atoms with E-state index in [9.17, 15) is 0 Å². The van der Waals surface area contributed by atoms with Crippen molar-refractivity contribution in [1.29, 1.82) is 5.26 Å². The van der Waals surface area contributed by atoms with Crippen molar-refractivity contribution in [2.75, 3.05) is 7.11 Å². The SMILES string of the molecule is COC(C)(C#N)C1(C)CC1. The molecule has 0 aromatic heterocycles. The van der Waals surface area contributed by atoms with E-state index in [1.165, 1.54) is 0 Å². The van der Waals surface area contributed by atoms with Crippen LogP contribution in [0.15, 0.2) is 0 Å². The Kier molecular flexibility index (Phi) is 1.48. The highest BCUT2D eigenvalue weighted by atomic mass is 16.5. The van der Waals surface area contributed by atoms with Crippen LogP contribution in [0.3, 0.4) is 0 Å². The Morgan fingerprint density at radius 1 is 1.60 bits per heavy atom. The van der Waals surface area contributed by atoms with Gasteiger partial charge in [-0.15, -0.1) is 0 Å². The van der Waals surface area contributed by atoms with Gasteiger partial charge in [0, 0.05) is 12.5 Å². The minimum Gasteiger partial charge on any atom is -0.363 e. The Morgan fingerprint density at radius 3 is 2.20 bits per heavy atom. The first kappa shape index (κ1) is 7.56. The minimum absolute atomic E-state index is 0.122. The van der Waals surface area contributed by atoms with Gasteiger partial charge in [0.15, 0.2) is 5.60 Å². The largest absolute Gasteiger partial charge is 0.363 e. The zero-order chi connectivity index (χ0) is 7.83. The van der Waals surface area contributed by atoms with E-state index in [4.69, 9.17) is 10.00 Å². The fourth-order valence-corrected chi connectivity index (χ4v) is 1.09. The molecule has 1 unspecified atom stereocenters. The summed E-state index contributed by atoms with van der Waals surface area (Å²) in [7, 11) is 1.60. The van der Waals surface area contributed by atoms with Gasteiger partial charge in [0.1, 0.15) is 0 Å². The third-order valence-electron chi connectivity index (χ3n) is 2.77. The molecule has 0 radical (unpaired) electrons. The van der Waals surface area contributed by atoms with Crippen molar-refractivity contribution in [2.24, 2.45) is 5.41 Å². The highest BCUT2D eigenvalue weighted by Gasteiger charge is 2.54. The van der Waals surface area contributed by atoms with Gasteiger partial charge >= 0.3 is 0 Å². The van der Waals surface area contributed by atoms with E-state index in [0.717, 1.165) is 12.8 Å². The molecule has 1 fully saturated rings. The Hall–Kier alpha value is -0.550. The summed E-state index contributed by atoms with van der Waals surface area (Å²) in [5.41, 5.74) is -0.441. The predicted octanol–water partition coefficient (Wildman–Crippen LogP) is 1.72. The average Bonchev–Trinajstić information content (AvgIpc) is 2.68. The van der Waals surface area contributed by atoms with Crippen LogP contribution in [0.2, 0.25) is 0 Å². The molecule has 56 valence electrons. The number of methoxy groups -OCH3 is 1. The third-order valence-corrected chi connectivity index (χ3v) is 2.77. The smallest absolute Gasteiger partial charge is 0.156 e. The maximum absolute atomic E-state index is 8.79. The van der Waals surface area contributed by atoms with E-state index in [1.54, 1.807) is 7.11 Å². The molecule has 0 aromatic rings. The Balaban J connectivity index is 2.76. The first-order valence-corrected chi connectivity index (χ1v) is 3.54. The van der Waals surface area contributed by atoms with Crippen molar-refractivity contribution in [3.05, 3.63) is 0 Å². The van der Waals surface area contributed by atoms with Gasteiger partial charge in [0.25, 0.3) is 0 Å². The predicted molar refractivity (Wildman–Crippen MR) is 38.4 cm³/mol. The van der Waals surface area contributed by atoms with Crippen LogP contribution >= 0.6 is 0 Å². The van der Waals surface area contributed by atoms with Crippen LogP contribution in [-0.4, -0.2) is 12.7 Å². The molecule has 1 aliphatic rings. The Bertz CT molecular complexity index is 178. The van der Waals surface area contributed by atoms with Gasteiger partial charge in [-0.25, -0.2) is 0 Å². The van der Waals surface area contributed by atoms with E-state index in [1.807, 2.05) is 6.92 Å². The van der Waals surface area contributed by atoms with Gasteiger partial charge < -0.3 is 4.74 Å². The molecule has 0 bridgehead atoms. The number of hydrogen-bond acceptors (Lipinski definition) is 2. The molecule has 0 N–H and O–H groups in total. The van der Waals surface area contributed by atoms with E-state index in [-0.39, 0.29) is 5.41 Å². The number of ether oxygens (including phenoxy) is 1. The van der Waals surface area contributed by atoms with Crippen molar-refractivity contribution in [3.8, 4) is 6.07 Å². The first-order chi connectivity index (χ1) is 4.58. The molecule has 10 heavy (non-hydrogen) atoms. The molecule has 1 atom stereocenters. The summed E-state index contributed by atoms with van der Waals surface area (Å²) in [5.74, 6) is 0. The average molecular weight is 139 g/mol. The van der Waals surface area contributed by atoms with Gasteiger partial charge in [-0.05, 0) is 19.8 Å². The van der Waals surface area contributed by atoms with Crippen molar-refractivity contribution in [1.82, 2.24) is 0 Å². The molecule has 0 amide bonds. The van der Waals surface area contributed by atoms with Crippen LogP contribution in [0.4, 0.5) is 0 Å². The monoisotopic (exact) mass is 139 g/mol. The molecule has 2 nitrogen and oxygen atoms in total. The lowest BCUT2D eigenvalue weighted by atomic mass is 9.89. The number of nitriles is 1. The minimum atomic E-state index is -0.562. The summed E-state index contributed by atoms with van der Waals surface area (Å²) in [4.78, 5) is 0. The lowest BCUT2D eigenvalue weighted by molar-refractivity contribution is -0.00111. The number of nitrogens with zero attached hydrogens (tertiary/aromatic N) is 1. The van der Waals surface area contributed by atoms with Crippen LogP contribution in [0.25, 0.3) is 0 Å². The van der Waals surface area contributed by atoms with E-state index < -0.39 is 5.60 Å². The number of hydrogen-bond donors (Lipinski definition) is 0. The second-order valence-corrected chi connectivity index (χ2v) is 3.41. The molecule has 0 aliphatic heterocycles. The summed E-state index contributed by atoms with van der Waals surface area (Å²) in [6, 6.07) is 2.21. The van der Waals surface area contributed by atoms with Gasteiger partial charge in [-0.2, -0.15) is 5.26 Å². The van der Waals surface area contributed by atoms with Crippen LogP contribution in [0.5, 0.6) is 0 Å². The standard InChI is InChI=1S/C8H13NO/c1-7(4-5-7)8(2,6-9)10-3/h4-5H2,1-3H3. The quantitative estimate of drug-likeness (QED) is 0.583. The molecule has 0 heterocycles. The highest BCUT2D eigenvalue weighted by Crippen LogP contribution is 2.54. The Labute approximate surface area is 61.8 Å². The summed E-state index contributed by atoms with van der Waals surface area (Å²) in [6.07, 6.45) is 2.23. The summed E-state index contributed by atoms with van der Waals surface area (Å²) >= 11 is 0. The van der Waals surface area contributed by atoms with Crippen LogP contribution in [-0.2, 0) is 4.74 Å². The van der Waals surface area contributed by atoms with E-state index in [2.05, 4.69) is 13.0 Å². The normalized spacial score (nSPS) is 26.6. The maximum atomic E-state index is 8.79. The summed E-state index contributed by atoms with van der Waals surface area (Å²) < 4.78 is 5.15. The maximum Gasteiger partial charge on any atom is 0.156 e. The molecule has 0 aromatic carbocycles. The van der Waals surface area contributed by atoms with Crippen LogP contribution in [0.1, 0.15) is 26.7 Å². The second-order valence-electron chi connectivity index (χ2n) is 3.41. The topological polar surface area (TPSA) is 33.0 Å². The van der Waals surface area contributed by atoms with E-state index in [0.29, 0.717) is 0 Å².